The van der Waals surface area contributed by atoms with Crippen LogP contribution in [0.5, 0.6) is 5.75 Å². The van der Waals surface area contributed by atoms with Crippen molar-refractivity contribution in [3.63, 3.8) is 0 Å². The van der Waals surface area contributed by atoms with Gasteiger partial charge in [-0.3, -0.25) is 0 Å². The fourth-order valence-corrected chi connectivity index (χ4v) is 5.02. The van der Waals surface area contributed by atoms with Gasteiger partial charge in [0.2, 0.25) is 10.0 Å². The Bertz CT molecular complexity index is 666. The predicted molar refractivity (Wildman–Crippen MR) is 70.1 cm³/mol. The van der Waals surface area contributed by atoms with Gasteiger partial charge in [0.05, 0.1) is 15.9 Å². The van der Waals surface area contributed by atoms with Crippen LogP contribution in [0.25, 0.3) is 0 Å². The van der Waals surface area contributed by atoms with E-state index in [1.165, 1.54) is 18.2 Å². The molecule has 0 aliphatic carbocycles. The van der Waals surface area contributed by atoms with Gasteiger partial charge in [0.15, 0.2) is 9.84 Å². The fraction of sp³-hybridized carbons (Fsp3) is 0.455. The molecule has 1 heterocycles. The van der Waals surface area contributed by atoms with Crippen LogP contribution in [-0.4, -0.2) is 39.5 Å². The standard InChI is InChI=1S/C11H15NO5S2/c13-9-3-1-4-10(7-9)19(16,17)12-8-11-5-2-6-18(11,14)15/h1,3-4,7,11-13H,2,5-6,8H2. The van der Waals surface area contributed by atoms with Crippen molar-refractivity contribution >= 4 is 19.9 Å². The highest BCUT2D eigenvalue weighted by Gasteiger charge is 2.32. The highest BCUT2D eigenvalue weighted by molar-refractivity contribution is 7.92. The van der Waals surface area contributed by atoms with E-state index in [1.807, 2.05) is 0 Å². The lowest BCUT2D eigenvalue weighted by molar-refractivity contribution is 0.473. The zero-order valence-corrected chi connectivity index (χ0v) is 11.7. The van der Waals surface area contributed by atoms with Gasteiger partial charge in [-0.05, 0) is 31.0 Å². The van der Waals surface area contributed by atoms with Crippen molar-refractivity contribution in [3.05, 3.63) is 24.3 Å². The first kappa shape index (κ1) is 14.3. The van der Waals surface area contributed by atoms with Gasteiger partial charge in [-0.2, -0.15) is 0 Å². The molecule has 0 spiro atoms. The van der Waals surface area contributed by atoms with Crippen molar-refractivity contribution in [1.82, 2.24) is 4.72 Å². The molecule has 1 unspecified atom stereocenters. The number of hydrogen-bond donors (Lipinski definition) is 2. The van der Waals surface area contributed by atoms with Gasteiger partial charge in [0.1, 0.15) is 5.75 Å². The Labute approximate surface area is 112 Å². The van der Waals surface area contributed by atoms with Crippen LogP contribution < -0.4 is 4.72 Å². The summed E-state index contributed by atoms with van der Waals surface area (Å²) < 4.78 is 49.3. The number of phenols is 1. The average Bonchev–Trinajstić information content (AvgIpc) is 2.66. The first-order valence-electron chi connectivity index (χ1n) is 5.81. The molecule has 2 N–H and O–H groups in total. The van der Waals surface area contributed by atoms with Crippen LogP contribution in [0.4, 0.5) is 0 Å². The van der Waals surface area contributed by atoms with Gasteiger partial charge in [-0.25, -0.2) is 21.6 Å². The van der Waals surface area contributed by atoms with Gasteiger partial charge >= 0.3 is 0 Å². The van der Waals surface area contributed by atoms with Crippen molar-refractivity contribution in [1.29, 1.82) is 0 Å². The third-order valence-electron chi connectivity index (χ3n) is 3.09. The molecule has 0 amide bonds. The maximum absolute atomic E-state index is 11.9. The maximum Gasteiger partial charge on any atom is 0.240 e. The third-order valence-corrected chi connectivity index (χ3v) is 6.79. The number of benzene rings is 1. The van der Waals surface area contributed by atoms with Crippen molar-refractivity contribution < 1.29 is 21.9 Å². The van der Waals surface area contributed by atoms with E-state index in [1.54, 1.807) is 0 Å². The van der Waals surface area contributed by atoms with Crippen LogP contribution in [0, 0.1) is 0 Å². The lowest BCUT2D eigenvalue weighted by atomic mass is 10.2. The number of aromatic hydroxyl groups is 1. The Hall–Kier alpha value is -1.12. The van der Waals surface area contributed by atoms with E-state index in [0.717, 1.165) is 6.07 Å². The predicted octanol–water partition coefficient (Wildman–Crippen LogP) is 0.248. The minimum atomic E-state index is -3.79. The van der Waals surface area contributed by atoms with E-state index in [2.05, 4.69) is 4.72 Å². The summed E-state index contributed by atoms with van der Waals surface area (Å²) in [4.78, 5) is -0.0807. The second kappa shape index (κ2) is 5.10. The van der Waals surface area contributed by atoms with E-state index < -0.39 is 25.1 Å². The Morgan fingerprint density at radius 3 is 2.68 bits per heavy atom. The number of nitrogens with one attached hydrogen (secondary N) is 1. The molecule has 1 aliphatic rings. The molecule has 1 atom stereocenters. The quantitative estimate of drug-likeness (QED) is 0.830. The third kappa shape index (κ3) is 3.26. The summed E-state index contributed by atoms with van der Waals surface area (Å²) in [7, 11) is -6.97. The van der Waals surface area contributed by atoms with Gasteiger partial charge in [-0.1, -0.05) is 6.07 Å². The molecular formula is C11H15NO5S2. The second-order valence-electron chi connectivity index (χ2n) is 4.48. The largest absolute Gasteiger partial charge is 0.508 e. The number of phenolic OH excluding ortho intramolecular Hbond substituents is 1. The van der Waals surface area contributed by atoms with Crippen LogP contribution in [0.15, 0.2) is 29.2 Å². The zero-order valence-electron chi connectivity index (χ0n) is 10.1. The molecule has 1 saturated heterocycles. The molecule has 1 aromatic carbocycles. The fourth-order valence-electron chi connectivity index (χ4n) is 2.02. The average molecular weight is 305 g/mol. The van der Waals surface area contributed by atoms with Crippen LogP contribution in [-0.2, 0) is 19.9 Å². The minimum Gasteiger partial charge on any atom is -0.508 e. The molecule has 106 valence electrons. The van der Waals surface area contributed by atoms with Crippen molar-refractivity contribution in [2.45, 2.75) is 23.0 Å². The molecule has 0 radical (unpaired) electrons. The zero-order chi connectivity index (χ0) is 14.1. The summed E-state index contributed by atoms with van der Waals surface area (Å²) in [6.45, 7) is -0.125. The molecular weight excluding hydrogens is 290 g/mol. The topological polar surface area (TPSA) is 101 Å². The summed E-state index contributed by atoms with van der Waals surface area (Å²) >= 11 is 0. The highest BCUT2D eigenvalue weighted by atomic mass is 32.2. The van der Waals surface area contributed by atoms with Crippen LogP contribution in [0.3, 0.4) is 0 Å². The maximum atomic E-state index is 11.9. The summed E-state index contributed by atoms with van der Waals surface area (Å²) in [5.74, 6) is -0.0396. The van der Waals surface area contributed by atoms with Gasteiger partial charge < -0.3 is 5.11 Å². The molecule has 8 heteroatoms. The van der Waals surface area contributed by atoms with Crippen molar-refractivity contribution in [2.75, 3.05) is 12.3 Å². The minimum absolute atomic E-state index is 0.0807. The van der Waals surface area contributed by atoms with E-state index >= 15 is 0 Å². The molecule has 2 rings (SSSR count). The van der Waals surface area contributed by atoms with Gasteiger partial charge in [0, 0.05) is 6.54 Å². The number of rotatable bonds is 4. The van der Waals surface area contributed by atoms with E-state index in [4.69, 9.17) is 0 Å². The normalized spacial score (nSPS) is 22.4. The van der Waals surface area contributed by atoms with E-state index in [0.29, 0.717) is 12.8 Å². The molecule has 19 heavy (non-hydrogen) atoms. The SMILES string of the molecule is O=S(=O)(NCC1CCCS1(=O)=O)c1cccc(O)c1. The van der Waals surface area contributed by atoms with Crippen LogP contribution >= 0.6 is 0 Å². The summed E-state index contributed by atoms with van der Waals surface area (Å²) in [6.07, 6.45) is 1.05. The molecule has 1 aromatic rings. The van der Waals surface area contributed by atoms with E-state index in [9.17, 15) is 21.9 Å². The number of hydrogen-bond acceptors (Lipinski definition) is 5. The molecule has 6 nitrogen and oxygen atoms in total. The number of sulfone groups is 1. The molecule has 0 aromatic heterocycles. The van der Waals surface area contributed by atoms with Crippen LogP contribution in [0.2, 0.25) is 0 Å². The first-order chi connectivity index (χ1) is 8.81. The molecule has 1 aliphatic heterocycles. The molecule has 0 saturated carbocycles. The van der Waals surface area contributed by atoms with Crippen molar-refractivity contribution in [3.8, 4) is 5.75 Å². The first-order valence-corrected chi connectivity index (χ1v) is 9.01. The highest BCUT2D eigenvalue weighted by Crippen LogP contribution is 2.20. The van der Waals surface area contributed by atoms with E-state index in [-0.39, 0.29) is 22.9 Å². The van der Waals surface area contributed by atoms with Gasteiger partial charge in [0.25, 0.3) is 0 Å². The van der Waals surface area contributed by atoms with Gasteiger partial charge in [-0.15, -0.1) is 0 Å². The summed E-state index contributed by atoms with van der Waals surface area (Å²) in [6, 6.07) is 5.23. The Morgan fingerprint density at radius 2 is 2.11 bits per heavy atom. The number of sulfonamides is 1. The molecule has 1 fully saturated rings. The second-order valence-corrected chi connectivity index (χ2v) is 8.65. The Morgan fingerprint density at radius 1 is 1.37 bits per heavy atom. The summed E-state index contributed by atoms with van der Waals surface area (Å²) in [5, 5.41) is 8.60. The lowest BCUT2D eigenvalue weighted by Crippen LogP contribution is -2.34. The Balaban J connectivity index is 2.11. The molecule has 0 bridgehead atoms. The van der Waals surface area contributed by atoms with Crippen molar-refractivity contribution in [2.24, 2.45) is 0 Å². The smallest absolute Gasteiger partial charge is 0.240 e. The summed E-state index contributed by atoms with van der Waals surface area (Å²) in [5.41, 5.74) is 0. The monoisotopic (exact) mass is 305 g/mol. The lowest BCUT2D eigenvalue weighted by Gasteiger charge is -2.11. The Kier molecular flexibility index (Phi) is 3.84. The van der Waals surface area contributed by atoms with Crippen LogP contribution in [0.1, 0.15) is 12.8 Å².